The Balaban J connectivity index is 1.80. The molecule has 2 aromatic rings. The fraction of sp³-hybridized carbons (Fsp3) is 0.294. The molecule has 2 aromatic carbocycles. The largest absolute Gasteiger partial charge is 0.497 e. The van der Waals surface area contributed by atoms with Gasteiger partial charge in [0.15, 0.2) is 0 Å². The first-order chi connectivity index (χ1) is 10.2. The molecule has 1 heterocycles. The summed E-state index contributed by atoms with van der Waals surface area (Å²) in [5, 5.41) is 10.6. The van der Waals surface area contributed by atoms with Crippen LogP contribution in [0.2, 0.25) is 0 Å². The predicted molar refractivity (Wildman–Crippen MR) is 85.1 cm³/mol. The monoisotopic (exact) mass is 348 g/mol. The zero-order chi connectivity index (χ0) is 14.8. The number of fused-ring (bicyclic) bond motifs is 1. The molecule has 21 heavy (non-hydrogen) atoms. The quantitative estimate of drug-likeness (QED) is 0.918. The van der Waals surface area contributed by atoms with E-state index in [0.29, 0.717) is 13.0 Å². The number of hydrogen-bond acceptors (Lipinski definition) is 3. The van der Waals surface area contributed by atoms with Gasteiger partial charge < -0.3 is 14.6 Å². The third-order valence-corrected chi connectivity index (χ3v) is 4.66. The van der Waals surface area contributed by atoms with Gasteiger partial charge in [0.05, 0.1) is 19.8 Å². The fourth-order valence-corrected chi connectivity index (χ4v) is 3.12. The third-order valence-electron chi connectivity index (χ3n) is 3.88. The Hall–Kier alpha value is -1.52. The van der Waals surface area contributed by atoms with Gasteiger partial charge in [-0.25, -0.2) is 0 Å². The van der Waals surface area contributed by atoms with E-state index >= 15 is 0 Å². The Morgan fingerprint density at radius 1 is 1.33 bits per heavy atom. The average Bonchev–Trinajstić information content (AvgIpc) is 2.93. The highest BCUT2D eigenvalue weighted by Gasteiger charge is 2.30. The molecule has 0 saturated carbocycles. The van der Waals surface area contributed by atoms with Gasteiger partial charge in [-0.3, -0.25) is 0 Å². The lowest BCUT2D eigenvalue weighted by molar-refractivity contribution is 0.129. The van der Waals surface area contributed by atoms with Gasteiger partial charge in [-0.2, -0.15) is 0 Å². The van der Waals surface area contributed by atoms with E-state index in [1.807, 2.05) is 42.5 Å². The van der Waals surface area contributed by atoms with Crippen molar-refractivity contribution in [3.8, 4) is 11.5 Å². The second kappa shape index (κ2) is 6.08. The summed E-state index contributed by atoms with van der Waals surface area (Å²) in [6.45, 7) is 0.530. The van der Waals surface area contributed by atoms with Gasteiger partial charge in [-0.1, -0.05) is 34.1 Å². The zero-order valence-electron chi connectivity index (χ0n) is 11.8. The summed E-state index contributed by atoms with van der Waals surface area (Å²) >= 11 is 3.53. The van der Waals surface area contributed by atoms with Crippen LogP contribution in [0.4, 0.5) is 0 Å². The Morgan fingerprint density at radius 2 is 2.14 bits per heavy atom. The van der Waals surface area contributed by atoms with E-state index < -0.39 is 6.10 Å². The Morgan fingerprint density at radius 3 is 2.95 bits per heavy atom. The minimum absolute atomic E-state index is 0.0132. The molecule has 3 nitrogen and oxygen atoms in total. The van der Waals surface area contributed by atoms with Crippen LogP contribution in [0.5, 0.6) is 11.5 Å². The molecule has 4 heteroatoms. The Labute approximate surface area is 132 Å². The first-order valence-corrected chi connectivity index (χ1v) is 7.70. The molecule has 0 saturated heterocycles. The molecule has 2 unspecified atom stereocenters. The van der Waals surface area contributed by atoms with E-state index in [9.17, 15) is 5.11 Å². The highest BCUT2D eigenvalue weighted by atomic mass is 79.9. The average molecular weight is 349 g/mol. The van der Waals surface area contributed by atoms with E-state index in [1.54, 1.807) is 7.11 Å². The normalized spacial score (nSPS) is 18.0. The van der Waals surface area contributed by atoms with Crippen LogP contribution in [0.1, 0.15) is 17.0 Å². The molecule has 1 N–H and O–H groups in total. The van der Waals surface area contributed by atoms with Gasteiger partial charge in [0, 0.05) is 22.4 Å². The molecular weight excluding hydrogens is 332 g/mol. The molecule has 1 aliphatic rings. The summed E-state index contributed by atoms with van der Waals surface area (Å²) in [5.74, 6) is 1.69. The van der Waals surface area contributed by atoms with E-state index in [2.05, 4.69) is 15.9 Å². The maximum atomic E-state index is 10.6. The second-order valence-electron chi connectivity index (χ2n) is 5.18. The molecule has 0 aromatic heterocycles. The van der Waals surface area contributed by atoms with Crippen LogP contribution in [0.25, 0.3) is 0 Å². The number of halogens is 1. The maximum absolute atomic E-state index is 10.6. The number of ether oxygens (including phenoxy) is 2. The van der Waals surface area contributed by atoms with Crippen molar-refractivity contribution in [3.63, 3.8) is 0 Å². The molecule has 0 amide bonds. The fourth-order valence-electron chi connectivity index (χ4n) is 2.71. The molecular formula is C17H17BrO3. The van der Waals surface area contributed by atoms with Crippen molar-refractivity contribution >= 4 is 15.9 Å². The van der Waals surface area contributed by atoms with Gasteiger partial charge in [-0.05, 0) is 29.8 Å². The number of para-hydroxylation sites is 1. The lowest BCUT2D eigenvalue weighted by Crippen LogP contribution is -2.22. The molecule has 0 fully saturated rings. The van der Waals surface area contributed by atoms with E-state index in [1.165, 1.54) is 0 Å². The van der Waals surface area contributed by atoms with Crippen molar-refractivity contribution in [3.05, 3.63) is 58.1 Å². The highest BCUT2D eigenvalue weighted by molar-refractivity contribution is 9.10. The summed E-state index contributed by atoms with van der Waals surface area (Å²) < 4.78 is 11.9. The standard InChI is InChI=1S/C17H17BrO3/c1-20-12-6-7-15(18)11(8-12)9-16(19)14-10-21-17-5-3-2-4-13(14)17/h2-8,14,16,19H,9-10H2,1H3. The van der Waals surface area contributed by atoms with Crippen molar-refractivity contribution in [2.24, 2.45) is 0 Å². The van der Waals surface area contributed by atoms with Crippen molar-refractivity contribution < 1.29 is 14.6 Å². The predicted octanol–water partition coefficient (Wildman–Crippen LogP) is 3.54. The zero-order valence-corrected chi connectivity index (χ0v) is 13.3. The van der Waals surface area contributed by atoms with Crippen LogP contribution >= 0.6 is 15.9 Å². The van der Waals surface area contributed by atoms with Gasteiger partial charge in [-0.15, -0.1) is 0 Å². The number of methoxy groups -OCH3 is 1. The van der Waals surface area contributed by atoms with Crippen LogP contribution in [0, 0.1) is 0 Å². The summed E-state index contributed by atoms with van der Waals surface area (Å²) in [6.07, 6.45) is 0.0669. The highest BCUT2D eigenvalue weighted by Crippen LogP contribution is 2.37. The van der Waals surface area contributed by atoms with Crippen LogP contribution < -0.4 is 9.47 Å². The number of aliphatic hydroxyl groups excluding tert-OH is 1. The van der Waals surface area contributed by atoms with Crippen molar-refractivity contribution in [1.82, 2.24) is 0 Å². The summed E-state index contributed by atoms with van der Waals surface area (Å²) in [4.78, 5) is 0. The molecule has 0 bridgehead atoms. The van der Waals surface area contributed by atoms with Gasteiger partial charge >= 0.3 is 0 Å². The molecule has 110 valence electrons. The van der Waals surface area contributed by atoms with Crippen LogP contribution in [-0.2, 0) is 6.42 Å². The molecule has 0 aliphatic carbocycles. The first-order valence-electron chi connectivity index (χ1n) is 6.91. The minimum Gasteiger partial charge on any atom is -0.497 e. The lowest BCUT2D eigenvalue weighted by Gasteiger charge is -2.18. The van der Waals surface area contributed by atoms with Gasteiger partial charge in [0.1, 0.15) is 11.5 Å². The SMILES string of the molecule is COc1ccc(Br)c(CC(O)C2COc3ccccc32)c1. The summed E-state index contributed by atoms with van der Waals surface area (Å²) in [6, 6.07) is 13.7. The van der Waals surface area contributed by atoms with E-state index in [4.69, 9.17) is 9.47 Å². The smallest absolute Gasteiger partial charge is 0.123 e. The second-order valence-corrected chi connectivity index (χ2v) is 6.04. The summed E-state index contributed by atoms with van der Waals surface area (Å²) in [7, 11) is 1.64. The topological polar surface area (TPSA) is 38.7 Å². The Kier molecular flexibility index (Phi) is 4.17. The summed E-state index contributed by atoms with van der Waals surface area (Å²) in [5.41, 5.74) is 2.12. The van der Waals surface area contributed by atoms with Crippen molar-refractivity contribution in [2.75, 3.05) is 13.7 Å². The van der Waals surface area contributed by atoms with Gasteiger partial charge in [0.25, 0.3) is 0 Å². The maximum Gasteiger partial charge on any atom is 0.123 e. The number of benzene rings is 2. The van der Waals surface area contributed by atoms with Crippen molar-refractivity contribution in [2.45, 2.75) is 18.4 Å². The number of aliphatic hydroxyl groups is 1. The van der Waals surface area contributed by atoms with Crippen molar-refractivity contribution in [1.29, 1.82) is 0 Å². The van der Waals surface area contributed by atoms with E-state index in [-0.39, 0.29) is 5.92 Å². The molecule has 1 aliphatic heterocycles. The molecule has 3 rings (SSSR count). The lowest BCUT2D eigenvalue weighted by atomic mass is 9.91. The molecule has 0 radical (unpaired) electrons. The van der Waals surface area contributed by atoms with Crippen LogP contribution in [0.15, 0.2) is 46.9 Å². The number of hydrogen-bond donors (Lipinski definition) is 1. The van der Waals surface area contributed by atoms with Crippen LogP contribution in [-0.4, -0.2) is 24.9 Å². The Bertz CT molecular complexity index is 642. The third kappa shape index (κ3) is 2.92. The van der Waals surface area contributed by atoms with Crippen LogP contribution in [0.3, 0.4) is 0 Å². The first kappa shape index (κ1) is 14.4. The molecule has 0 spiro atoms. The minimum atomic E-state index is -0.489. The molecule has 2 atom stereocenters. The van der Waals surface area contributed by atoms with Gasteiger partial charge in [0.2, 0.25) is 0 Å². The van der Waals surface area contributed by atoms with E-state index in [0.717, 1.165) is 27.1 Å². The number of rotatable bonds is 4.